The first-order chi connectivity index (χ1) is 3.68. The smallest absolute Gasteiger partial charge is 0.139 e. The van der Waals surface area contributed by atoms with Crippen LogP contribution in [0, 0.1) is 0 Å². The van der Waals surface area contributed by atoms with Crippen molar-refractivity contribution < 1.29 is 13.9 Å². The fraction of sp³-hybridized carbons (Fsp3) is 0.600. The Labute approximate surface area is 46.6 Å². The van der Waals surface area contributed by atoms with E-state index in [0.29, 0.717) is 0 Å². The highest BCUT2D eigenvalue weighted by Crippen LogP contribution is 2.06. The number of hydrogen-bond acceptors (Lipinski definition) is 1. The van der Waals surface area contributed by atoms with Crippen molar-refractivity contribution in [2.24, 2.45) is 0 Å². The molecule has 0 fully saturated rings. The molecule has 0 radical (unpaired) electrons. The minimum Gasteiger partial charge on any atom is -0.380 e. The van der Waals surface area contributed by atoms with E-state index in [1.54, 1.807) is 0 Å². The molecule has 0 aromatic carbocycles. The molecular formula is C5H8F2O. The maximum Gasteiger partial charge on any atom is 0.139 e. The van der Waals surface area contributed by atoms with E-state index in [2.05, 4.69) is 6.58 Å². The van der Waals surface area contributed by atoms with Gasteiger partial charge < -0.3 is 5.11 Å². The van der Waals surface area contributed by atoms with Crippen LogP contribution in [0.5, 0.6) is 0 Å². The Hall–Kier alpha value is -0.440. The molecule has 0 saturated carbocycles. The molecule has 0 bridgehead atoms. The van der Waals surface area contributed by atoms with Gasteiger partial charge in [-0.25, -0.2) is 8.78 Å². The number of rotatable bonds is 3. The average Bonchev–Trinajstić information content (AvgIpc) is 1.87. The molecule has 0 spiro atoms. The maximum atomic E-state index is 11.5. The third kappa shape index (κ3) is 1.58. The summed E-state index contributed by atoms with van der Waals surface area (Å²) >= 11 is 0. The van der Waals surface area contributed by atoms with Gasteiger partial charge in [-0.2, -0.15) is 0 Å². The molecule has 0 unspecified atom stereocenters. The highest BCUT2D eigenvalue weighted by Gasteiger charge is 2.21. The lowest BCUT2D eigenvalue weighted by molar-refractivity contribution is 0.0380. The van der Waals surface area contributed by atoms with E-state index in [1.165, 1.54) is 0 Å². The largest absolute Gasteiger partial charge is 0.380 e. The Morgan fingerprint density at radius 3 is 1.88 bits per heavy atom. The summed E-state index contributed by atoms with van der Waals surface area (Å²) in [5, 5.41) is 8.57. The third-order valence-corrected chi connectivity index (χ3v) is 0.843. The van der Waals surface area contributed by atoms with Crippen molar-refractivity contribution >= 4 is 0 Å². The standard InChI is InChI=1S/C5H8F2O/c1-2-5(8,3-6)4-7/h2,8H,1,3-4H2. The van der Waals surface area contributed by atoms with Crippen LogP contribution < -0.4 is 0 Å². The summed E-state index contributed by atoms with van der Waals surface area (Å²) in [6.07, 6.45) is 0.854. The lowest BCUT2D eigenvalue weighted by Crippen LogP contribution is -2.30. The normalized spacial score (nSPS) is 11.4. The molecule has 0 rings (SSSR count). The van der Waals surface area contributed by atoms with Gasteiger partial charge in [0.2, 0.25) is 0 Å². The van der Waals surface area contributed by atoms with Crippen molar-refractivity contribution in [3.63, 3.8) is 0 Å². The minimum absolute atomic E-state index is 0.854. The topological polar surface area (TPSA) is 20.2 Å². The molecule has 0 heterocycles. The lowest BCUT2D eigenvalue weighted by atomic mass is 10.1. The summed E-state index contributed by atoms with van der Waals surface area (Å²) in [7, 11) is 0. The fourth-order valence-electron chi connectivity index (χ4n) is 0.145. The summed E-state index contributed by atoms with van der Waals surface area (Å²) in [5.74, 6) is 0. The van der Waals surface area contributed by atoms with Gasteiger partial charge in [-0.3, -0.25) is 0 Å². The number of aliphatic hydroxyl groups is 1. The summed E-state index contributed by atoms with van der Waals surface area (Å²) in [4.78, 5) is 0. The second kappa shape index (κ2) is 2.77. The van der Waals surface area contributed by atoms with Crippen LogP contribution in [0.4, 0.5) is 8.78 Å². The van der Waals surface area contributed by atoms with Crippen LogP contribution in [0.3, 0.4) is 0 Å². The zero-order valence-electron chi connectivity index (χ0n) is 4.40. The molecule has 48 valence electrons. The monoisotopic (exact) mass is 122 g/mol. The quantitative estimate of drug-likeness (QED) is 0.550. The Morgan fingerprint density at radius 1 is 1.50 bits per heavy atom. The predicted octanol–water partition coefficient (Wildman–Crippen LogP) is 0.843. The van der Waals surface area contributed by atoms with Crippen LogP contribution in [0.25, 0.3) is 0 Å². The van der Waals surface area contributed by atoms with E-state index in [-0.39, 0.29) is 0 Å². The van der Waals surface area contributed by atoms with E-state index in [1.807, 2.05) is 0 Å². The summed E-state index contributed by atoms with van der Waals surface area (Å²) in [6, 6.07) is 0. The van der Waals surface area contributed by atoms with Crippen molar-refractivity contribution in [3.8, 4) is 0 Å². The highest BCUT2D eigenvalue weighted by molar-refractivity contribution is 4.94. The van der Waals surface area contributed by atoms with Crippen molar-refractivity contribution in [2.75, 3.05) is 13.3 Å². The van der Waals surface area contributed by atoms with Gasteiger partial charge in [-0.15, -0.1) is 6.58 Å². The van der Waals surface area contributed by atoms with Gasteiger partial charge in [0.15, 0.2) is 0 Å². The van der Waals surface area contributed by atoms with Crippen LogP contribution in [0.15, 0.2) is 12.7 Å². The minimum atomic E-state index is -1.94. The molecule has 0 aromatic rings. The zero-order chi connectivity index (χ0) is 6.62. The van der Waals surface area contributed by atoms with Gasteiger partial charge >= 0.3 is 0 Å². The highest BCUT2D eigenvalue weighted by atomic mass is 19.1. The molecule has 1 nitrogen and oxygen atoms in total. The van der Waals surface area contributed by atoms with Gasteiger partial charge in [0.25, 0.3) is 0 Å². The molecule has 0 aliphatic carbocycles. The molecule has 3 heteroatoms. The first kappa shape index (κ1) is 7.56. The van der Waals surface area contributed by atoms with E-state index in [0.717, 1.165) is 6.08 Å². The number of hydrogen-bond donors (Lipinski definition) is 1. The Balaban J connectivity index is 3.76. The summed E-state index contributed by atoms with van der Waals surface area (Å²) in [5.41, 5.74) is -1.94. The first-order valence-corrected chi connectivity index (χ1v) is 2.16. The van der Waals surface area contributed by atoms with Crippen LogP contribution >= 0.6 is 0 Å². The predicted molar refractivity (Wildman–Crippen MR) is 27.1 cm³/mol. The van der Waals surface area contributed by atoms with E-state index < -0.39 is 19.0 Å². The van der Waals surface area contributed by atoms with Crippen LogP contribution in [-0.4, -0.2) is 24.1 Å². The lowest BCUT2D eigenvalue weighted by Gasteiger charge is -2.13. The van der Waals surface area contributed by atoms with Crippen molar-refractivity contribution in [1.29, 1.82) is 0 Å². The van der Waals surface area contributed by atoms with Crippen LogP contribution in [0.2, 0.25) is 0 Å². The van der Waals surface area contributed by atoms with E-state index in [4.69, 9.17) is 5.11 Å². The van der Waals surface area contributed by atoms with Crippen LogP contribution in [-0.2, 0) is 0 Å². The van der Waals surface area contributed by atoms with Crippen LogP contribution in [0.1, 0.15) is 0 Å². The molecular weight excluding hydrogens is 114 g/mol. The molecule has 0 aliphatic heterocycles. The molecule has 0 saturated heterocycles. The number of alkyl halides is 2. The van der Waals surface area contributed by atoms with Crippen molar-refractivity contribution in [2.45, 2.75) is 5.60 Å². The maximum absolute atomic E-state index is 11.5. The van der Waals surface area contributed by atoms with Gasteiger partial charge in [-0.1, -0.05) is 6.08 Å². The second-order valence-corrected chi connectivity index (χ2v) is 1.57. The van der Waals surface area contributed by atoms with Crippen molar-refractivity contribution in [3.05, 3.63) is 12.7 Å². The molecule has 0 aromatic heterocycles. The fourth-order valence-corrected chi connectivity index (χ4v) is 0.145. The Morgan fingerprint density at radius 2 is 1.88 bits per heavy atom. The van der Waals surface area contributed by atoms with Crippen molar-refractivity contribution in [1.82, 2.24) is 0 Å². The van der Waals surface area contributed by atoms with E-state index in [9.17, 15) is 8.78 Å². The SMILES string of the molecule is C=CC(O)(CF)CF. The average molecular weight is 122 g/mol. The Kier molecular flexibility index (Phi) is 2.62. The van der Waals surface area contributed by atoms with Gasteiger partial charge in [0.05, 0.1) is 0 Å². The van der Waals surface area contributed by atoms with Gasteiger partial charge in [-0.05, 0) is 0 Å². The second-order valence-electron chi connectivity index (χ2n) is 1.57. The molecule has 0 atom stereocenters. The Bertz CT molecular complexity index is 78.5. The van der Waals surface area contributed by atoms with E-state index >= 15 is 0 Å². The first-order valence-electron chi connectivity index (χ1n) is 2.16. The zero-order valence-corrected chi connectivity index (χ0v) is 4.40. The van der Waals surface area contributed by atoms with Gasteiger partial charge in [0, 0.05) is 0 Å². The molecule has 0 amide bonds. The summed E-state index contributed by atoms with van der Waals surface area (Å²) < 4.78 is 23.0. The molecule has 0 aliphatic rings. The molecule has 1 N–H and O–H groups in total. The third-order valence-electron chi connectivity index (χ3n) is 0.843. The number of halogens is 2. The molecule has 8 heavy (non-hydrogen) atoms. The van der Waals surface area contributed by atoms with Gasteiger partial charge in [0.1, 0.15) is 19.0 Å². The summed E-state index contributed by atoms with van der Waals surface area (Å²) in [6.45, 7) is 0.808.